The summed E-state index contributed by atoms with van der Waals surface area (Å²) >= 11 is 0. The molecule has 1 aromatic rings. The Hall–Kier alpha value is -1.97. The minimum atomic E-state index is 0.0678. The molecule has 0 bridgehead atoms. The van der Waals surface area contributed by atoms with Crippen molar-refractivity contribution in [2.24, 2.45) is 0 Å². The first-order valence-electron chi connectivity index (χ1n) is 7.35. The Balaban J connectivity index is 2.01. The molecule has 1 aromatic heterocycles. The molecule has 0 saturated carbocycles. The molecule has 1 aliphatic heterocycles. The Bertz CT molecular complexity index is 706. The van der Waals surface area contributed by atoms with Crippen LogP contribution in [0.4, 0.5) is 0 Å². The van der Waals surface area contributed by atoms with E-state index in [9.17, 15) is 0 Å². The van der Waals surface area contributed by atoms with Gasteiger partial charge < -0.3 is 9.47 Å². The fraction of sp³-hybridized carbons (Fsp3) is 0.353. The van der Waals surface area contributed by atoms with Crippen LogP contribution in [0.3, 0.4) is 0 Å². The van der Waals surface area contributed by atoms with E-state index in [2.05, 4.69) is 23.2 Å². The first-order chi connectivity index (χ1) is 10.3. The van der Waals surface area contributed by atoms with Crippen LogP contribution in [0.2, 0.25) is 5.82 Å². The van der Waals surface area contributed by atoms with Crippen molar-refractivity contribution >= 4 is 20.0 Å². The van der Waals surface area contributed by atoms with Crippen LogP contribution >= 0.6 is 0 Å². The maximum atomic E-state index is 5.99. The van der Waals surface area contributed by atoms with Crippen molar-refractivity contribution in [1.29, 1.82) is 0 Å². The highest BCUT2D eigenvalue weighted by Gasteiger charge is 2.12. The largest absolute Gasteiger partial charge is 0.494 e. The summed E-state index contributed by atoms with van der Waals surface area (Å²) in [6.45, 7) is 3.19. The molecule has 4 heteroatoms. The van der Waals surface area contributed by atoms with Gasteiger partial charge in [-0.05, 0) is 36.8 Å². The van der Waals surface area contributed by atoms with Crippen molar-refractivity contribution in [3.63, 3.8) is 0 Å². The lowest BCUT2D eigenvalue weighted by Crippen LogP contribution is -2.32. The van der Waals surface area contributed by atoms with Crippen LogP contribution < -0.4 is 15.3 Å². The summed E-state index contributed by atoms with van der Waals surface area (Å²) in [5.41, 5.74) is 1.04. The average Bonchev–Trinajstić information content (AvgIpc) is 2.49. The minimum Gasteiger partial charge on any atom is -0.494 e. The number of pyridine rings is 1. The molecule has 1 aliphatic carbocycles. The Morgan fingerprint density at radius 2 is 2.38 bits per heavy atom. The Morgan fingerprint density at radius 1 is 1.48 bits per heavy atom. The van der Waals surface area contributed by atoms with Gasteiger partial charge in [0.25, 0.3) is 0 Å². The van der Waals surface area contributed by atoms with Gasteiger partial charge in [-0.2, -0.15) is 0 Å². The van der Waals surface area contributed by atoms with Crippen LogP contribution in [-0.4, -0.2) is 26.0 Å². The zero-order valence-electron chi connectivity index (χ0n) is 12.2. The maximum absolute atomic E-state index is 5.99. The number of allylic oxidation sites excluding steroid dienone is 3. The molecule has 1 unspecified atom stereocenters. The van der Waals surface area contributed by atoms with Crippen molar-refractivity contribution in [1.82, 2.24) is 4.98 Å². The second-order valence-corrected chi connectivity index (χ2v) is 5.18. The highest BCUT2D eigenvalue weighted by atomic mass is 16.5. The average molecular weight is 279 g/mol. The molecule has 0 fully saturated rings. The lowest BCUT2D eigenvalue weighted by molar-refractivity contribution is 0.235. The van der Waals surface area contributed by atoms with Gasteiger partial charge in [0.1, 0.15) is 12.4 Å². The van der Waals surface area contributed by atoms with Crippen molar-refractivity contribution in [2.45, 2.75) is 25.6 Å². The molecule has 3 nitrogen and oxygen atoms in total. The molecule has 2 aliphatic rings. The lowest BCUT2D eigenvalue weighted by Gasteiger charge is -2.15. The number of nitrogens with zero attached hydrogens (tertiary/aromatic N) is 1. The third kappa shape index (κ3) is 3.21. The predicted octanol–water partition coefficient (Wildman–Crippen LogP) is 1.41. The minimum absolute atomic E-state index is 0.0678. The van der Waals surface area contributed by atoms with Crippen LogP contribution in [0.25, 0.3) is 12.2 Å². The van der Waals surface area contributed by atoms with Gasteiger partial charge in [-0.1, -0.05) is 24.0 Å². The topological polar surface area (TPSA) is 31.4 Å². The normalized spacial score (nSPS) is 19.7. The Labute approximate surface area is 126 Å². The third-order valence-corrected chi connectivity index (χ3v) is 3.53. The van der Waals surface area contributed by atoms with E-state index < -0.39 is 0 Å². The van der Waals surface area contributed by atoms with Crippen molar-refractivity contribution in [3.8, 4) is 5.88 Å². The number of rotatable bonds is 4. The lowest BCUT2D eigenvalue weighted by atomic mass is 9.82. The van der Waals surface area contributed by atoms with Crippen LogP contribution in [0.15, 0.2) is 30.1 Å². The molecule has 0 amide bonds. The second-order valence-electron chi connectivity index (χ2n) is 5.18. The summed E-state index contributed by atoms with van der Waals surface area (Å²) in [7, 11) is 5.99. The van der Waals surface area contributed by atoms with E-state index in [0.717, 1.165) is 28.3 Å². The van der Waals surface area contributed by atoms with Gasteiger partial charge in [-0.3, -0.25) is 0 Å². The SMILES string of the molecule is [B]C1C=c2cc(CC3=CC=CCO3)c(OCC)nc2=CC1. The smallest absolute Gasteiger partial charge is 0.217 e. The number of fused-ring (bicyclic) bond motifs is 1. The van der Waals surface area contributed by atoms with E-state index in [4.69, 9.17) is 17.3 Å². The molecule has 0 saturated heterocycles. The summed E-state index contributed by atoms with van der Waals surface area (Å²) in [4.78, 5) is 4.64. The second kappa shape index (κ2) is 6.21. The van der Waals surface area contributed by atoms with Gasteiger partial charge in [0.2, 0.25) is 5.88 Å². The number of hydrogen-bond donors (Lipinski definition) is 0. The summed E-state index contributed by atoms with van der Waals surface area (Å²) < 4.78 is 11.3. The van der Waals surface area contributed by atoms with Crippen LogP contribution in [0, 0.1) is 0 Å². The molecule has 3 rings (SSSR count). The van der Waals surface area contributed by atoms with Crippen LogP contribution in [0.1, 0.15) is 18.9 Å². The molecule has 2 radical (unpaired) electrons. The van der Waals surface area contributed by atoms with Gasteiger partial charge in [0.05, 0.1) is 19.8 Å². The molecule has 0 aromatic carbocycles. The molecule has 1 atom stereocenters. The number of aromatic nitrogens is 1. The van der Waals surface area contributed by atoms with Gasteiger partial charge in [0.15, 0.2) is 0 Å². The van der Waals surface area contributed by atoms with E-state index in [1.165, 1.54) is 0 Å². The zero-order chi connectivity index (χ0) is 14.7. The van der Waals surface area contributed by atoms with Crippen molar-refractivity contribution < 1.29 is 9.47 Å². The first-order valence-corrected chi connectivity index (χ1v) is 7.35. The van der Waals surface area contributed by atoms with Gasteiger partial charge in [0, 0.05) is 12.0 Å². The van der Waals surface area contributed by atoms with Gasteiger partial charge >= 0.3 is 0 Å². The molecule has 0 spiro atoms. The standard InChI is InChI=1S/C17H18BNO2/c1-2-20-17-13(11-15-5-3-4-8-21-15)9-12-10-14(18)6-7-16(12)19-17/h3-5,7,9-10,14H,2,6,8,11H2,1H3. The highest BCUT2D eigenvalue weighted by Crippen LogP contribution is 2.19. The quantitative estimate of drug-likeness (QED) is 0.781. The summed E-state index contributed by atoms with van der Waals surface area (Å²) in [5.74, 6) is 1.69. The summed E-state index contributed by atoms with van der Waals surface area (Å²) in [6.07, 6.45) is 11.6. The van der Waals surface area contributed by atoms with Crippen LogP contribution in [0.5, 0.6) is 5.88 Å². The van der Waals surface area contributed by atoms with Crippen LogP contribution in [-0.2, 0) is 11.2 Å². The molecule has 106 valence electrons. The van der Waals surface area contributed by atoms with E-state index in [0.29, 0.717) is 25.5 Å². The fourth-order valence-corrected chi connectivity index (χ4v) is 2.53. The molecule has 0 N–H and O–H groups in total. The zero-order valence-corrected chi connectivity index (χ0v) is 12.2. The number of hydrogen-bond acceptors (Lipinski definition) is 3. The van der Waals surface area contributed by atoms with Crippen molar-refractivity contribution in [3.05, 3.63) is 46.2 Å². The molecular formula is C17H18BNO2. The Kier molecular flexibility index (Phi) is 4.14. The van der Waals surface area contributed by atoms with E-state index in [1.54, 1.807) is 0 Å². The molecular weight excluding hydrogens is 261 g/mol. The molecule has 2 heterocycles. The van der Waals surface area contributed by atoms with Gasteiger partial charge in [-0.15, -0.1) is 0 Å². The third-order valence-electron chi connectivity index (χ3n) is 3.53. The Morgan fingerprint density at radius 3 is 3.14 bits per heavy atom. The summed E-state index contributed by atoms with van der Waals surface area (Å²) in [6, 6.07) is 2.12. The summed E-state index contributed by atoms with van der Waals surface area (Å²) in [5, 5.41) is 2.04. The monoisotopic (exact) mass is 279 g/mol. The van der Waals surface area contributed by atoms with Gasteiger partial charge in [-0.25, -0.2) is 4.98 Å². The van der Waals surface area contributed by atoms with E-state index in [1.807, 2.05) is 25.2 Å². The predicted molar refractivity (Wildman–Crippen MR) is 84.6 cm³/mol. The highest BCUT2D eigenvalue weighted by molar-refractivity contribution is 6.15. The van der Waals surface area contributed by atoms with Crippen molar-refractivity contribution in [2.75, 3.05) is 13.2 Å². The molecule has 21 heavy (non-hydrogen) atoms. The van der Waals surface area contributed by atoms with E-state index >= 15 is 0 Å². The maximum Gasteiger partial charge on any atom is 0.217 e. The fourth-order valence-electron chi connectivity index (χ4n) is 2.53. The first kappa shape index (κ1) is 14.0. The van der Waals surface area contributed by atoms with E-state index in [-0.39, 0.29) is 5.82 Å². The number of ether oxygens (including phenoxy) is 2.